The molecule has 2 unspecified atom stereocenters. The molecule has 0 aliphatic heterocycles. The van der Waals surface area contributed by atoms with Gasteiger partial charge in [-0.1, -0.05) is 71.1 Å². The molecule has 0 heterocycles. The molecule has 0 bridgehead atoms. The molecular weight excluding hydrogens is 491 g/mol. The van der Waals surface area contributed by atoms with Gasteiger partial charge in [0, 0.05) is 5.25 Å². The minimum Gasteiger partial charge on any atom is -0.393 e. The number of aliphatic hydroxyl groups is 2. The Balaban J connectivity index is 0.00000379. The van der Waals surface area contributed by atoms with E-state index in [2.05, 4.69) is 55.0 Å². The monoisotopic (exact) mass is 536 g/mol. The highest BCUT2D eigenvalue weighted by Gasteiger charge is 2.33. The van der Waals surface area contributed by atoms with Crippen molar-refractivity contribution < 1.29 is 10.2 Å². The fourth-order valence-corrected chi connectivity index (χ4v) is 6.56. The van der Waals surface area contributed by atoms with Crippen LogP contribution in [-0.4, -0.2) is 28.2 Å². The van der Waals surface area contributed by atoms with Gasteiger partial charge in [0.1, 0.15) is 0 Å². The highest BCUT2D eigenvalue weighted by molar-refractivity contribution is 14.2. The van der Waals surface area contributed by atoms with E-state index in [1.165, 1.54) is 24.8 Å². The molecule has 0 aromatic rings. The number of hydrogen-bond acceptors (Lipinski definition) is 3. The zero-order valence-electron chi connectivity index (χ0n) is 19.9. The van der Waals surface area contributed by atoms with Gasteiger partial charge in [-0.2, -0.15) is 0 Å². The van der Waals surface area contributed by atoms with Crippen molar-refractivity contribution in [1.29, 1.82) is 0 Å². The summed E-state index contributed by atoms with van der Waals surface area (Å²) in [5, 5.41) is 19.6. The third kappa shape index (κ3) is 11.4. The molecule has 1 rings (SSSR count). The predicted octanol–water partition coefficient (Wildman–Crippen LogP) is 8.19. The maximum absolute atomic E-state index is 10.1. The smallest absolute Gasteiger partial charge is 0.0614 e. The number of aliphatic hydroxyl groups excluding tert-OH is 2. The van der Waals surface area contributed by atoms with Gasteiger partial charge in [0.05, 0.1) is 12.7 Å². The first kappa shape index (κ1) is 29.2. The number of allylic oxidation sites excluding steroid dienone is 3. The Kier molecular flexibility index (Phi) is 16.1. The van der Waals surface area contributed by atoms with Crippen LogP contribution >= 0.6 is 30.1 Å². The van der Waals surface area contributed by atoms with Gasteiger partial charge in [-0.25, -0.2) is 0 Å². The van der Waals surface area contributed by atoms with Gasteiger partial charge in [-0.05, 0) is 98.8 Å². The van der Waals surface area contributed by atoms with E-state index < -0.39 is 0 Å². The first-order valence-corrected chi connectivity index (χ1v) is 14.7. The number of halogens is 1. The Morgan fingerprint density at radius 3 is 2.34 bits per heavy atom. The van der Waals surface area contributed by atoms with Crippen LogP contribution in [0.3, 0.4) is 0 Å². The van der Waals surface area contributed by atoms with Crippen LogP contribution in [0.4, 0.5) is 0 Å². The van der Waals surface area contributed by atoms with Crippen molar-refractivity contribution in [1.82, 2.24) is 0 Å². The lowest BCUT2D eigenvalue weighted by Gasteiger charge is -2.38. The highest BCUT2D eigenvalue weighted by Crippen LogP contribution is 2.47. The lowest BCUT2D eigenvalue weighted by molar-refractivity contribution is 0.162. The average molecular weight is 537 g/mol. The van der Waals surface area contributed by atoms with Crippen LogP contribution in [-0.2, 0) is 0 Å². The molecule has 2 N–H and O–H groups in total. The van der Waals surface area contributed by atoms with Gasteiger partial charge in [0.15, 0.2) is 0 Å². The van der Waals surface area contributed by atoms with E-state index >= 15 is 0 Å². The van der Waals surface area contributed by atoms with Gasteiger partial charge in [-0.15, -0.1) is 0 Å². The Bertz CT molecular complexity index is 549. The van der Waals surface area contributed by atoms with Crippen LogP contribution in [0.25, 0.3) is 0 Å². The van der Waals surface area contributed by atoms with Crippen molar-refractivity contribution in [3.63, 3.8) is 0 Å². The average Bonchev–Trinajstić information content (AvgIpc) is 2.65. The van der Waals surface area contributed by atoms with Gasteiger partial charge < -0.3 is 10.2 Å². The molecule has 0 aromatic heterocycles. The molecule has 0 spiro atoms. The molecule has 2 nitrogen and oxygen atoms in total. The van der Waals surface area contributed by atoms with Gasteiger partial charge in [0.2, 0.25) is 0 Å². The van der Waals surface area contributed by atoms with Crippen LogP contribution in [0.15, 0.2) is 34.4 Å². The zero-order chi connectivity index (χ0) is 22.4. The van der Waals surface area contributed by atoms with E-state index in [9.17, 15) is 5.11 Å². The van der Waals surface area contributed by atoms with Crippen molar-refractivity contribution in [2.45, 2.75) is 111 Å². The number of hydrogen-bond donors (Lipinski definition) is 2. The maximum atomic E-state index is 10.1. The largest absolute Gasteiger partial charge is 0.393 e. The normalized spacial score (nSPS) is 19.5. The summed E-state index contributed by atoms with van der Waals surface area (Å²) in [6, 6.07) is 0. The summed E-state index contributed by atoms with van der Waals surface area (Å²) in [5.74, 6) is 0. The SMILES string of the molecule is CC.CC1=C(C(C/C(C)=C/CCCC(O)C/C(C)=C/CO)SI)C(C)(C)CCC1. The standard InChI is InChI=1S/C23H39IO2S.C2H6/c1-17(9-6-7-11-20(26)15-18(2)12-14-25)16-21(27-24)22-19(3)10-8-13-23(22,4)5;1-2/h9,12,20-21,25-26H,6-8,10-11,13-16H2,1-5H3;1-2H3/b17-9+,18-12+;. The molecular formula is C25H45IO2S. The molecule has 0 saturated heterocycles. The van der Waals surface area contributed by atoms with Gasteiger partial charge >= 0.3 is 0 Å². The van der Waals surface area contributed by atoms with Crippen LogP contribution in [0.1, 0.15) is 99.8 Å². The minimum atomic E-state index is -0.296. The second kappa shape index (κ2) is 15.9. The third-order valence-electron chi connectivity index (χ3n) is 5.71. The Labute approximate surface area is 197 Å². The molecule has 0 saturated carbocycles. The molecule has 1 aliphatic carbocycles. The summed E-state index contributed by atoms with van der Waals surface area (Å²) in [6.45, 7) is 15.5. The Morgan fingerprint density at radius 2 is 1.79 bits per heavy atom. The molecule has 1 aliphatic rings. The van der Waals surface area contributed by atoms with Gasteiger partial charge in [0.25, 0.3) is 0 Å². The van der Waals surface area contributed by atoms with Crippen molar-refractivity contribution in [2.24, 2.45) is 5.41 Å². The number of rotatable bonds is 11. The predicted molar refractivity (Wildman–Crippen MR) is 141 cm³/mol. The Hall–Kier alpha value is 0.220. The summed E-state index contributed by atoms with van der Waals surface area (Å²) >= 11 is 2.48. The molecule has 0 aromatic carbocycles. The molecule has 2 atom stereocenters. The molecule has 4 heteroatoms. The minimum absolute atomic E-state index is 0.0587. The Morgan fingerprint density at radius 1 is 1.17 bits per heavy atom. The maximum Gasteiger partial charge on any atom is 0.0614 e. The first-order valence-electron chi connectivity index (χ1n) is 11.3. The van der Waals surface area contributed by atoms with Crippen LogP contribution in [0.5, 0.6) is 0 Å². The topological polar surface area (TPSA) is 40.5 Å². The molecule has 170 valence electrons. The van der Waals surface area contributed by atoms with E-state index in [0.717, 1.165) is 31.3 Å². The molecule has 0 amide bonds. The van der Waals surface area contributed by atoms with Crippen molar-refractivity contribution in [2.75, 3.05) is 6.61 Å². The van der Waals surface area contributed by atoms with E-state index in [0.29, 0.717) is 17.1 Å². The van der Waals surface area contributed by atoms with Gasteiger partial charge in [-0.3, -0.25) is 0 Å². The van der Waals surface area contributed by atoms with Crippen molar-refractivity contribution in [3.8, 4) is 0 Å². The second-order valence-corrected chi connectivity index (χ2v) is 11.1. The van der Waals surface area contributed by atoms with E-state index in [1.807, 2.05) is 29.7 Å². The van der Waals surface area contributed by atoms with E-state index in [1.54, 1.807) is 17.2 Å². The highest BCUT2D eigenvalue weighted by atomic mass is 127. The summed E-state index contributed by atoms with van der Waals surface area (Å²) < 4.78 is 0. The molecule has 0 radical (unpaired) electrons. The fraction of sp³-hybridized carbons (Fsp3) is 0.760. The first-order chi connectivity index (χ1) is 13.7. The zero-order valence-corrected chi connectivity index (χ0v) is 22.8. The summed E-state index contributed by atoms with van der Waals surface area (Å²) in [7, 11) is 1.97. The molecule has 29 heavy (non-hydrogen) atoms. The van der Waals surface area contributed by atoms with E-state index in [-0.39, 0.29) is 12.7 Å². The summed E-state index contributed by atoms with van der Waals surface area (Å²) in [6.07, 6.45) is 12.4. The van der Waals surface area contributed by atoms with Crippen LogP contribution < -0.4 is 0 Å². The molecule has 0 fully saturated rings. The number of unbranched alkanes of at least 4 members (excludes halogenated alkanes) is 1. The fourth-order valence-electron chi connectivity index (χ4n) is 4.32. The van der Waals surface area contributed by atoms with Crippen LogP contribution in [0.2, 0.25) is 0 Å². The van der Waals surface area contributed by atoms with Crippen molar-refractivity contribution >= 4 is 30.1 Å². The van der Waals surface area contributed by atoms with E-state index in [4.69, 9.17) is 5.11 Å². The quantitative estimate of drug-likeness (QED) is 0.159. The summed E-state index contributed by atoms with van der Waals surface area (Å²) in [4.78, 5) is 0. The van der Waals surface area contributed by atoms with Crippen LogP contribution in [0, 0.1) is 5.41 Å². The summed E-state index contributed by atoms with van der Waals surface area (Å²) in [5.41, 5.74) is 6.16. The van der Waals surface area contributed by atoms with Crippen molar-refractivity contribution in [3.05, 3.63) is 34.4 Å². The lowest BCUT2D eigenvalue weighted by atomic mass is 9.71. The third-order valence-corrected chi connectivity index (χ3v) is 8.17. The second-order valence-electron chi connectivity index (χ2n) is 8.79. The lowest BCUT2D eigenvalue weighted by Crippen LogP contribution is -2.27.